The van der Waals surface area contributed by atoms with Gasteiger partial charge in [-0.1, -0.05) is 218 Å². The molecular formula is C76H47NOSi. The van der Waals surface area contributed by atoms with Crippen molar-refractivity contribution in [3.05, 3.63) is 285 Å². The largest absolute Gasteiger partial charge is 0.456 e. The molecule has 0 saturated carbocycles. The number of furan rings is 1. The second kappa shape index (κ2) is 17.0. The van der Waals surface area contributed by atoms with Crippen molar-refractivity contribution >= 4 is 116 Å². The van der Waals surface area contributed by atoms with Crippen LogP contribution in [-0.4, -0.2) is 12.6 Å². The van der Waals surface area contributed by atoms with Gasteiger partial charge in [-0.2, -0.15) is 0 Å². The molecule has 0 saturated heterocycles. The highest BCUT2D eigenvalue weighted by Gasteiger charge is 2.49. The number of para-hydroxylation sites is 1. The summed E-state index contributed by atoms with van der Waals surface area (Å²) in [5, 5.41) is 20.4. The third-order valence-corrected chi connectivity index (χ3v) is 22.3. The summed E-state index contributed by atoms with van der Waals surface area (Å²) < 4.78 is 8.86. The number of benzene rings is 14. The van der Waals surface area contributed by atoms with Gasteiger partial charge in [0.25, 0.3) is 0 Å². The molecule has 0 radical (unpaired) electrons. The number of nitrogens with zero attached hydrogens (tertiary/aromatic N) is 1. The van der Waals surface area contributed by atoms with Crippen LogP contribution in [0.4, 0.5) is 0 Å². The van der Waals surface area contributed by atoms with Crippen LogP contribution in [-0.2, 0) is 0 Å². The van der Waals surface area contributed by atoms with Crippen molar-refractivity contribution in [2.75, 3.05) is 0 Å². The molecule has 3 heterocycles. The lowest BCUT2D eigenvalue weighted by molar-refractivity contribution is 0.669. The van der Waals surface area contributed by atoms with Crippen LogP contribution in [0, 0.1) is 0 Å². The van der Waals surface area contributed by atoms with E-state index in [0.717, 1.165) is 27.6 Å². The van der Waals surface area contributed by atoms with Crippen LogP contribution >= 0.6 is 0 Å². The maximum atomic E-state index is 6.32. The van der Waals surface area contributed by atoms with E-state index in [-0.39, 0.29) is 0 Å². The van der Waals surface area contributed by atoms with E-state index in [0.29, 0.717) is 0 Å². The Hall–Kier alpha value is -10.1. The molecule has 17 rings (SSSR count). The van der Waals surface area contributed by atoms with Gasteiger partial charge in [0.1, 0.15) is 11.2 Å². The van der Waals surface area contributed by atoms with Crippen molar-refractivity contribution in [1.82, 2.24) is 4.57 Å². The lowest BCUT2D eigenvalue weighted by Crippen LogP contribution is -2.72. The summed E-state index contributed by atoms with van der Waals surface area (Å²) in [5.74, 6) is 0. The average molecular weight is 1020 g/mol. The Bertz CT molecular complexity index is 4990. The van der Waals surface area contributed by atoms with Crippen molar-refractivity contribution in [3.8, 4) is 50.2 Å². The highest BCUT2D eigenvalue weighted by atomic mass is 28.3. The Morgan fingerprint density at radius 3 is 1.28 bits per heavy atom. The molecule has 3 heteroatoms. The van der Waals surface area contributed by atoms with E-state index >= 15 is 0 Å². The van der Waals surface area contributed by atoms with Gasteiger partial charge < -0.3 is 8.98 Å². The van der Waals surface area contributed by atoms with Gasteiger partial charge in [0, 0.05) is 27.2 Å². The van der Waals surface area contributed by atoms with E-state index in [1.807, 2.05) is 6.07 Å². The van der Waals surface area contributed by atoms with Gasteiger partial charge in [0.15, 0.2) is 8.07 Å². The second-order valence-corrected chi connectivity index (χ2v) is 25.2. The normalized spacial score (nSPS) is 12.9. The number of fused-ring (bicyclic) bond motifs is 15. The topological polar surface area (TPSA) is 18.1 Å². The third kappa shape index (κ3) is 6.45. The van der Waals surface area contributed by atoms with E-state index in [1.54, 1.807) is 0 Å². The van der Waals surface area contributed by atoms with Crippen LogP contribution in [0.2, 0.25) is 0 Å². The standard InChI is InChI=1S/C76H47NOSi/c1-3-19-55(20-4-1)79(56-21-5-2-6-22-56)75-46-49(48-34-40-74-70(41-48)63-29-15-16-30-73(63)78-74)31-36-64(75)65-37-35-54(47-76(65)79)77-71-38-32-52(66-42-50-17-7-9-23-57(50)59-25-11-13-27-61(59)66)44-68(71)69-45-53(33-39-72(69)77)67-43-51-18-8-10-24-58(51)60-26-12-14-28-62(60)67/h1-47H. The molecule has 0 bridgehead atoms. The maximum absolute atomic E-state index is 6.32. The second-order valence-electron chi connectivity index (χ2n) is 21.5. The molecule has 2 aromatic heterocycles. The van der Waals surface area contributed by atoms with Gasteiger partial charge >= 0.3 is 0 Å². The Kier molecular flexibility index (Phi) is 9.47. The summed E-state index contributed by atoms with van der Waals surface area (Å²) in [6.45, 7) is 0. The fourth-order valence-electron chi connectivity index (χ4n) is 13.9. The summed E-state index contributed by atoms with van der Waals surface area (Å²) in [6, 6.07) is 107. The van der Waals surface area contributed by atoms with E-state index < -0.39 is 8.07 Å². The summed E-state index contributed by atoms with van der Waals surface area (Å²) in [4.78, 5) is 0. The lowest BCUT2D eigenvalue weighted by atomic mass is 9.92. The molecule has 0 unspecified atom stereocenters. The molecule has 0 amide bonds. The molecule has 1 aliphatic rings. The zero-order chi connectivity index (χ0) is 51.8. The Balaban J connectivity index is 0.919. The van der Waals surface area contributed by atoms with Gasteiger partial charge in [0.05, 0.1) is 11.0 Å². The molecule has 0 aliphatic carbocycles. The molecule has 0 fully saturated rings. The average Bonchev–Trinajstić information content (AvgIpc) is 4.19. The van der Waals surface area contributed by atoms with E-state index in [1.165, 1.54) is 130 Å². The quantitative estimate of drug-likeness (QED) is 0.120. The minimum atomic E-state index is -2.99. The first-order valence-electron chi connectivity index (χ1n) is 27.4. The number of hydrogen-bond acceptors (Lipinski definition) is 1. The van der Waals surface area contributed by atoms with Gasteiger partial charge in [-0.25, -0.2) is 0 Å². The third-order valence-electron chi connectivity index (χ3n) is 17.4. The zero-order valence-electron chi connectivity index (χ0n) is 43.0. The molecule has 0 atom stereocenters. The SMILES string of the molecule is c1ccc([Si]2(c3ccccc3)c3cc(-c4ccc5oc6ccccc6c5c4)ccc3-c3ccc(-n4c5ccc(-c6cc7ccccc7c7ccccc67)cc5c5cc(-c6cc7ccccc7c7ccccc67)ccc54)cc32)cc1. The van der Waals surface area contributed by atoms with Crippen molar-refractivity contribution in [3.63, 3.8) is 0 Å². The van der Waals surface area contributed by atoms with Crippen molar-refractivity contribution in [2.24, 2.45) is 0 Å². The van der Waals surface area contributed by atoms with Crippen LogP contribution in [0.5, 0.6) is 0 Å². The van der Waals surface area contributed by atoms with Crippen molar-refractivity contribution in [1.29, 1.82) is 0 Å². The van der Waals surface area contributed by atoms with E-state index in [4.69, 9.17) is 4.42 Å². The highest BCUT2D eigenvalue weighted by molar-refractivity contribution is 7.22. The number of rotatable bonds is 6. The lowest BCUT2D eigenvalue weighted by Gasteiger charge is -2.32. The molecule has 16 aromatic rings. The monoisotopic (exact) mass is 1020 g/mol. The predicted octanol–water partition coefficient (Wildman–Crippen LogP) is 17.7. The van der Waals surface area contributed by atoms with Crippen LogP contribution in [0.3, 0.4) is 0 Å². The summed E-state index contributed by atoms with van der Waals surface area (Å²) in [6.07, 6.45) is 0. The molecular weight excluding hydrogens is 971 g/mol. The zero-order valence-corrected chi connectivity index (χ0v) is 44.0. The number of hydrogen-bond donors (Lipinski definition) is 0. The minimum absolute atomic E-state index is 0.908. The molecule has 2 nitrogen and oxygen atoms in total. The molecule has 79 heavy (non-hydrogen) atoms. The van der Waals surface area contributed by atoms with Crippen molar-refractivity contribution < 1.29 is 4.42 Å². The first kappa shape index (κ1) is 44.1. The first-order chi connectivity index (χ1) is 39.2. The van der Waals surface area contributed by atoms with Crippen LogP contribution in [0.25, 0.3) is 137 Å². The smallest absolute Gasteiger partial charge is 0.180 e. The predicted molar refractivity (Wildman–Crippen MR) is 337 cm³/mol. The van der Waals surface area contributed by atoms with Gasteiger partial charge in [0.2, 0.25) is 0 Å². The van der Waals surface area contributed by atoms with Gasteiger partial charge in [-0.05, 0) is 175 Å². The van der Waals surface area contributed by atoms with Crippen LogP contribution in [0.15, 0.2) is 290 Å². The molecule has 366 valence electrons. The summed E-state index contributed by atoms with van der Waals surface area (Å²) in [5.41, 5.74) is 15.2. The Morgan fingerprint density at radius 1 is 0.253 bits per heavy atom. The van der Waals surface area contributed by atoms with Gasteiger partial charge in [-0.3, -0.25) is 0 Å². The van der Waals surface area contributed by atoms with Crippen molar-refractivity contribution in [2.45, 2.75) is 0 Å². The number of aromatic nitrogens is 1. The molecule has 0 N–H and O–H groups in total. The van der Waals surface area contributed by atoms with E-state index in [2.05, 4.69) is 284 Å². The fraction of sp³-hybridized carbons (Fsp3) is 0. The summed E-state index contributed by atoms with van der Waals surface area (Å²) >= 11 is 0. The first-order valence-corrected chi connectivity index (χ1v) is 29.4. The van der Waals surface area contributed by atoms with E-state index in [9.17, 15) is 0 Å². The molecule has 0 spiro atoms. The van der Waals surface area contributed by atoms with Gasteiger partial charge in [-0.15, -0.1) is 0 Å². The van der Waals surface area contributed by atoms with Crippen LogP contribution in [0.1, 0.15) is 0 Å². The Labute approximate surface area is 457 Å². The van der Waals surface area contributed by atoms with Crippen LogP contribution < -0.4 is 20.7 Å². The maximum Gasteiger partial charge on any atom is 0.180 e. The summed E-state index contributed by atoms with van der Waals surface area (Å²) in [7, 11) is -2.99. The molecule has 14 aromatic carbocycles. The molecule has 1 aliphatic heterocycles. The highest BCUT2D eigenvalue weighted by Crippen LogP contribution is 2.43. The Morgan fingerprint density at radius 2 is 0.684 bits per heavy atom. The minimum Gasteiger partial charge on any atom is -0.456 e. The fourth-order valence-corrected chi connectivity index (χ4v) is 19.2.